The van der Waals surface area contributed by atoms with Gasteiger partial charge < -0.3 is 14.4 Å². The molecule has 0 fully saturated rings. The van der Waals surface area contributed by atoms with E-state index < -0.39 is 17.1 Å². The number of hydrogen-bond donors (Lipinski definition) is 1. The smallest absolute Gasteiger partial charge is 0.522 e. The maximum Gasteiger partial charge on any atom is 0.522 e. The molecule has 0 saturated heterocycles. The molecule has 2 rings (SSSR count). The van der Waals surface area contributed by atoms with Gasteiger partial charge in [0, 0.05) is 11.3 Å². The number of rotatable bonds is 4. The first-order valence-electron chi connectivity index (χ1n) is 7.58. The first-order chi connectivity index (χ1) is 10.3. The van der Waals surface area contributed by atoms with Crippen LogP contribution in [0, 0.1) is 6.92 Å². The van der Waals surface area contributed by atoms with E-state index in [2.05, 4.69) is 18.8 Å². The van der Waals surface area contributed by atoms with Gasteiger partial charge >= 0.3 is 13.1 Å². The normalized spacial score (nSPS) is 15.6. The summed E-state index contributed by atoms with van der Waals surface area (Å²) >= 11 is 0. The van der Waals surface area contributed by atoms with Crippen LogP contribution in [0.1, 0.15) is 27.9 Å². The standard InChI is InChI=1S/C16H25BO4S/c1-12-14(16(18)20-10-11-22(2,3)4)8-7-13-6-5-9-17(19)21-15(12)13/h7-8,19H,5-6,9-11H2,1-4H3. The van der Waals surface area contributed by atoms with Crippen molar-refractivity contribution in [3.8, 4) is 5.75 Å². The maximum absolute atomic E-state index is 12.3. The van der Waals surface area contributed by atoms with Crippen molar-refractivity contribution >= 4 is 23.1 Å². The molecule has 1 aromatic rings. The summed E-state index contributed by atoms with van der Waals surface area (Å²) in [4.78, 5) is 12.3. The molecule has 22 heavy (non-hydrogen) atoms. The zero-order valence-corrected chi connectivity index (χ0v) is 14.7. The van der Waals surface area contributed by atoms with Crippen molar-refractivity contribution < 1.29 is 19.2 Å². The molecule has 4 nitrogen and oxygen atoms in total. The fraction of sp³-hybridized carbons (Fsp3) is 0.562. The minimum atomic E-state index is -0.796. The molecule has 0 bridgehead atoms. The van der Waals surface area contributed by atoms with Gasteiger partial charge in [0.25, 0.3) is 0 Å². The molecule has 0 atom stereocenters. The highest BCUT2D eigenvalue weighted by Gasteiger charge is 2.25. The molecule has 0 saturated carbocycles. The number of carbonyl (C=O) groups excluding carboxylic acids is 1. The summed E-state index contributed by atoms with van der Waals surface area (Å²) < 4.78 is 11.0. The predicted molar refractivity (Wildman–Crippen MR) is 93.4 cm³/mol. The Bertz CT molecular complexity index is 554. The van der Waals surface area contributed by atoms with Crippen LogP contribution in [-0.2, 0) is 11.2 Å². The lowest BCUT2D eigenvalue weighted by atomic mass is 9.84. The molecule has 0 spiro atoms. The lowest BCUT2D eigenvalue weighted by Crippen LogP contribution is -2.21. The number of hydrogen-bond acceptors (Lipinski definition) is 4. The lowest BCUT2D eigenvalue weighted by molar-refractivity contribution is 0.0528. The fourth-order valence-electron chi connectivity index (χ4n) is 2.45. The van der Waals surface area contributed by atoms with Gasteiger partial charge in [-0.2, -0.15) is 0 Å². The lowest BCUT2D eigenvalue weighted by Gasteiger charge is -2.24. The van der Waals surface area contributed by atoms with E-state index in [4.69, 9.17) is 9.39 Å². The summed E-state index contributed by atoms with van der Waals surface area (Å²) in [5.41, 5.74) is 2.33. The van der Waals surface area contributed by atoms with Crippen LogP contribution in [0.15, 0.2) is 12.1 Å². The maximum atomic E-state index is 12.3. The van der Waals surface area contributed by atoms with Crippen LogP contribution in [0.2, 0.25) is 6.32 Å². The van der Waals surface area contributed by atoms with E-state index >= 15 is 0 Å². The Hall–Kier alpha value is -1.14. The fourth-order valence-corrected chi connectivity index (χ4v) is 3.04. The van der Waals surface area contributed by atoms with Crippen molar-refractivity contribution in [2.24, 2.45) is 0 Å². The molecule has 122 valence electrons. The summed E-state index contributed by atoms with van der Waals surface area (Å²) in [6.07, 6.45) is 8.95. The number of ether oxygens (including phenoxy) is 1. The van der Waals surface area contributed by atoms with E-state index in [1.165, 1.54) is 0 Å². The van der Waals surface area contributed by atoms with Gasteiger partial charge in [-0.15, -0.1) is 0 Å². The summed E-state index contributed by atoms with van der Waals surface area (Å²) in [5.74, 6) is 1.23. The van der Waals surface area contributed by atoms with Gasteiger partial charge in [-0.1, -0.05) is 6.07 Å². The Labute approximate surface area is 134 Å². The molecule has 1 heterocycles. The quantitative estimate of drug-likeness (QED) is 0.683. The van der Waals surface area contributed by atoms with Gasteiger partial charge in [-0.05, 0) is 56.5 Å². The molecule has 0 unspecified atom stereocenters. The molecular weight excluding hydrogens is 299 g/mol. The highest BCUT2D eigenvalue weighted by molar-refractivity contribution is 8.32. The number of esters is 1. The largest absolute Gasteiger partial charge is 0.536 e. The first-order valence-corrected chi connectivity index (χ1v) is 10.6. The minimum absolute atomic E-state index is 0.314. The van der Waals surface area contributed by atoms with Crippen LogP contribution in [0.3, 0.4) is 0 Å². The first kappa shape index (κ1) is 17.2. The van der Waals surface area contributed by atoms with E-state index in [1.807, 2.05) is 19.1 Å². The zero-order valence-electron chi connectivity index (χ0n) is 13.8. The molecule has 1 N–H and O–H groups in total. The Morgan fingerprint density at radius 2 is 2.14 bits per heavy atom. The molecule has 0 amide bonds. The summed E-state index contributed by atoms with van der Waals surface area (Å²) in [7, 11) is -1.47. The average molecular weight is 324 g/mol. The summed E-state index contributed by atoms with van der Waals surface area (Å²) in [5, 5.41) is 9.79. The Balaban J connectivity index is 2.13. The summed E-state index contributed by atoms with van der Waals surface area (Å²) in [6, 6.07) is 3.72. The Kier molecular flexibility index (Phi) is 5.45. The van der Waals surface area contributed by atoms with E-state index in [1.54, 1.807) is 0 Å². The van der Waals surface area contributed by atoms with Crippen molar-refractivity contribution in [3.63, 3.8) is 0 Å². The van der Waals surface area contributed by atoms with Gasteiger partial charge in [0.1, 0.15) is 5.75 Å². The second-order valence-corrected chi connectivity index (χ2v) is 11.2. The van der Waals surface area contributed by atoms with Crippen molar-refractivity contribution in [1.29, 1.82) is 0 Å². The van der Waals surface area contributed by atoms with E-state index in [0.717, 1.165) is 29.7 Å². The third kappa shape index (κ3) is 4.43. The third-order valence-electron chi connectivity index (χ3n) is 3.79. The highest BCUT2D eigenvalue weighted by atomic mass is 32.3. The number of carbonyl (C=O) groups is 1. The predicted octanol–water partition coefficient (Wildman–Crippen LogP) is 2.65. The van der Waals surface area contributed by atoms with E-state index in [0.29, 0.717) is 24.2 Å². The number of benzene rings is 1. The molecule has 0 aliphatic carbocycles. The van der Waals surface area contributed by atoms with Gasteiger partial charge in [0.15, 0.2) is 0 Å². The van der Waals surface area contributed by atoms with E-state index in [-0.39, 0.29) is 5.97 Å². The monoisotopic (exact) mass is 324 g/mol. The second kappa shape index (κ2) is 6.96. The Morgan fingerprint density at radius 3 is 2.82 bits per heavy atom. The van der Waals surface area contributed by atoms with Crippen molar-refractivity contribution in [2.75, 3.05) is 31.1 Å². The average Bonchev–Trinajstić information content (AvgIpc) is 2.59. The van der Waals surface area contributed by atoms with Gasteiger partial charge in [0.2, 0.25) is 0 Å². The van der Waals surface area contributed by atoms with Crippen LogP contribution in [0.25, 0.3) is 0 Å². The van der Waals surface area contributed by atoms with Crippen LogP contribution in [0.5, 0.6) is 5.75 Å². The molecular formula is C16H25BO4S. The van der Waals surface area contributed by atoms with Crippen LogP contribution in [0.4, 0.5) is 0 Å². The Morgan fingerprint density at radius 1 is 1.41 bits per heavy atom. The number of aryl methyl sites for hydroxylation is 1. The summed E-state index contributed by atoms with van der Waals surface area (Å²) in [6.45, 7) is 2.29. The molecule has 1 aliphatic rings. The topological polar surface area (TPSA) is 55.8 Å². The molecule has 1 aliphatic heterocycles. The van der Waals surface area contributed by atoms with Crippen LogP contribution in [-0.4, -0.2) is 49.2 Å². The van der Waals surface area contributed by atoms with E-state index in [9.17, 15) is 9.82 Å². The third-order valence-corrected chi connectivity index (χ3v) is 5.18. The minimum Gasteiger partial charge on any atom is -0.536 e. The molecule has 0 radical (unpaired) electrons. The van der Waals surface area contributed by atoms with Crippen molar-refractivity contribution in [2.45, 2.75) is 26.1 Å². The second-order valence-electron chi connectivity index (χ2n) is 6.62. The number of fused-ring (bicyclic) bond motifs is 1. The van der Waals surface area contributed by atoms with Crippen LogP contribution >= 0.6 is 10.0 Å². The van der Waals surface area contributed by atoms with Crippen molar-refractivity contribution in [3.05, 3.63) is 28.8 Å². The zero-order chi connectivity index (χ0) is 16.3. The highest BCUT2D eigenvalue weighted by Crippen LogP contribution is 2.34. The van der Waals surface area contributed by atoms with Gasteiger partial charge in [-0.3, -0.25) is 0 Å². The molecule has 6 heteroatoms. The molecule has 0 aromatic heterocycles. The molecule has 1 aromatic carbocycles. The van der Waals surface area contributed by atoms with Gasteiger partial charge in [0.05, 0.1) is 12.2 Å². The SMILES string of the molecule is Cc1c(C(=O)OCCS(C)(C)C)ccc2c1OB(O)CCC2. The van der Waals surface area contributed by atoms with Crippen LogP contribution < -0.4 is 4.65 Å². The van der Waals surface area contributed by atoms with Gasteiger partial charge in [-0.25, -0.2) is 14.8 Å². The van der Waals surface area contributed by atoms with Crippen molar-refractivity contribution in [1.82, 2.24) is 0 Å².